The van der Waals surface area contributed by atoms with Crippen molar-refractivity contribution in [1.82, 2.24) is 0 Å². The Kier molecular flexibility index (Phi) is 3.70. The first-order valence-electron chi connectivity index (χ1n) is 7.45. The molecule has 3 N–H and O–H groups in total. The molecule has 5 heteroatoms. The molecule has 0 radical (unpaired) electrons. The molecule has 3 rings (SSSR count). The second-order valence-corrected chi connectivity index (χ2v) is 5.45. The number of ketones is 2. The highest BCUT2D eigenvalue weighted by atomic mass is 16.2. The molecule has 0 unspecified atom stereocenters. The summed E-state index contributed by atoms with van der Waals surface area (Å²) >= 11 is 0. The first kappa shape index (κ1) is 15.0. The van der Waals surface area contributed by atoms with Gasteiger partial charge >= 0.3 is 0 Å². The lowest BCUT2D eigenvalue weighted by Gasteiger charge is -2.21. The van der Waals surface area contributed by atoms with Gasteiger partial charge in [-0.3, -0.25) is 14.4 Å². The zero-order chi connectivity index (χ0) is 16.6. The molecule has 2 aromatic rings. The molecule has 0 saturated heterocycles. The maximum absolute atomic E-state index is 12.8. The molecule has 0 heterocycles. The van der Waals surface area contributed by atoms with Crippen LogP contribution in [0.25, 0.3) is 0 Å². The molecule has 0 aliphatic heterocycles. The lowest BCUT2D eigenvalue weighted by molar-refractivity contribution is -0.116. The van der Waals surface area contributed by atoms with Gasteiger partial charge in [-0.1, -0.05) is 31.2 Å². The van der Waals surface area contributed by atoms with Crippen LogP contribution >= 0.6 is 0 Å². The van der Waals surface area contributed by atoms with Gasteiger partial charge in [0.25, 0.3) is 0 Å². The smallest absolute Gasteiger partial charge is 0.224 e. The highest BCUT2D eigenvalue weighted by Gasteiger charge is 2.33. The van der Waals surface area contributed by atoms with Gasteiger partial charge in [0.15, 0.2) is 11.6 Å². The van der Waals surface area contributed by atoms with Gasteiger partial charge in [0.2, 0.25) is 5.91 Å². The first-order chi connectivity index (χ1) is 11.0. The van der Waals surface area contributed by atoms with Crippen LogP contribution in [0, 0.1) is 0 Å². The van der Waals surface area contributed by atoms with Crippen LogP contribution in [-0.4, -0.2) is 17.5 Å². The number of hydrogen-bond donors (Lipinski definition) is 2. The van der Waals surface area contributed by atoms with Gasteiger partial charge in [-0.05, 0) is 18.6 Å². The number of nitrogen functional groups attached to an aromatic ring is 1. The summed E-state index contributed by atoms with van der Waals surface area (Å²) in [5, 5.41) is 2.72. The summed E-state index contributed by atoms with van der Waals surface area (Å²) in [6.45, 7) is 1.90. The third-order valence-corrected chi connectivity index (χ3v) is 3.86. The highest BCUT2D eigenvalue weighted by Crippen LogP contribution is 2.34. The minimum Gasteiger partial charge on any atom is -0.398 e. The quantitative estimate of drug-likeness (QED) is 0.728. The average Bonchev–Trinajstić information content (AvgIpc) is 2.52. The maximum atomic E-state index is 12.8. The Bertz CT molecular complexity index is 840. The minimum absolute atomic E-state index is 0.181. The third-order valence-electron chi connectivity index (χ3n) is 3.86. The van der Waals surface area contributed by atoms with Crippen LogP contribution in [0.2, 0.25) is 0 Å². The predicted octanol–water partition coefficient (Wildman–Crippen LogP) is 2.78. The van der Waals surface area contributed by atoms with Crippen molar-refractivity contribution in [3.8, 4) is 0 Å². The van der Waals surface area contributed by atoms with Crippen LogP contribution < -0.4 is 11.1 Å². The van der Waals surface area contributed by atoms with Gasteiger partial charge in [0.1, 0.15) is 0 Å². The Hall–Kier alpha value is -2.95. The van der Waals surface area contributed by atoms with E-state index in [1.165, 1.54) is 0 Å². The number of anilines is 2. The van der Waals surface area contributed by atoms with Crippen LogP contribution in [0.3, 0.4) is 0 Å². The largest absolute Gasteiger partial charge is 0.398 e. The van der Waals surface area contributed by atoms with Crippen LogP contribution in [0.5, 0.6) is 0 Å². The molecule has 0 spiro atoms. The summed E-state index contributed by atoms with van der Waals surface area (Å²) < 4.78 is 0. The molecular weight excluding hydrogens is 292 g/mol. The Labute approximate surface area is 133 Å². The van der Waals surface area contributed by atoms with Crippen molar-refractivity contribution < 1.29 is 14.4 Å². The monoisotopic (exact) mass is 308 g/mol. The van der Waals surface area contributed by atoms with Gasteiger partial charge in [-0.25, -0.2) is 0 Å². The lowest BCUT2D eigenvalue weighted by Crippen LogP contribution is -2.24. The van der Waals surface area contributed by atoms with Crippen LogP contribution in [0.4, 0.5) is 11.4 Å². The van der Waals surface area contributed by atoms with Crippen LogP contribution in [0.1, 0.15) is 51.6 Å². The van der Waals surface area contributed by atoms with Gasteiger partial charge < -0.3 is 11.1 Å². The van der Waals surface area contributed by atoms with Gasteiger partial charge in [0.05, 0.1) is 16.8 Å². The average molecular weight is 308 g/mol. The van der Waals surface area contributed by atoms with Crippen molar-refractivity contribution in [3.63, 3.8) is 0 Å². The number of hydrogen-bond acceptors (Lipinski definition) is 4. The van der Waals surface area contributed by atoms with E-state index in [1.54, 1.807) is 36.4 Å². The van der Waals surface area contributed by atoms with Crippen molar-refractivity contribution in [2.45, 2.75) is 19.8 Å². The molecule has 0 saturated carbocycles. The summed E-state index contributed by atoms with van der Waals surface area (Å²) in [6.07, 6.45) is 1.06. The number of benzene rings is 2. The molecule has 5 nitrogen and oxygen atoms in total. The number of nitrogens with two attached hydrogens (primary N) is 1. The van der Waals surface area contributed by atoms with E-state index in [-0.39, 0.29) is 45.4 Å². The first-order valence-corrected chi connectivity index (χ1v) is 7.45. The highest BCUT2D eigenvalue weighted by molar-refractivity contribution is 6.32. The van der Waals surface area contributed by atoms with E-state index >= 15 is 0 Å². The Morgan fingerprint density at radius 3 is 2.30 bits per heavy atom. The zero-order valence-corrected chi connectivity index (χ0v) is 12.7. The number of amides is 1. The fraction of sp³-hybridized carbons (Fsp3) is 0.167. The van der Waals surface area contributed by atoms with Crippen LogP contribution in [-0.2, 0) is 4.79 Å². The fourth-order valence-corrected chi connectivity index (χ4v) is 2.81. The second kappa shape index (κ2) is 5.68. The van der Waals surface area contributed by atoms with Crippen molar-refractivity contribution >= 4 is 28.8 Å². The molecule has 0 aromatic heterocycles. The number of nitrogens with one attached hydrogen (secondary N) is 1. The zero-order valence-electron chi connectivity index (χ0n) is 12.7. The molecule has 1 aliphatic rings. The molecule has 116 valence electrons. The molecule has 0 bridgehead atoms. The van der Waals surface area contributed by atoms with Crippen molar-refractivity contribution in [2.24, 2.45) is 0 Å². The maximum Gasteiger partial charge on any atom is 0.224 e. The number of rotatable bonds is 3. The normalized spacial score (nSPS) is 12.6. The van der Waals surface area contributed by atoms with Crippen molar-refractivity contribution in [3.05, 3.63) is 58.7 Å². The van der Waals surface area contributed by atoms with Gasteiger partial charge in [-0.2, -0.15) is 0 Å². The van der Waals surface area contributed by atoms with E-state index < -0.39 is 0 Å². The van der Waals surface area contributed by atoms with E-state index in [4.69, 9.17) is 5.73 Å². The molecule has 1 amide bonds. The van der Waals surface area contributed by atoms with E-state index in [0.717, 1.165) is 0 Å². The van der Waals surface area contributed by atoms with Gasteiger partial charge in [0, 0.05) is 23.2 Å². The van der Waals surface area contributed by atoms with Crippen molar-refractivity contribution in [1.29, 1.82) is 0 Å². The lowest BCUT2D eigenvalue weighted by atomic mass is 9.82. The standard InChI is InChI=1S/C18H16N2O3/c1-2-5-14(21)20-13-9-4-7-11-16(13)18(23)10-6-3-8-12(19)15(10)17(11)22/h3-4,6-9H,2,5,19H2,1H3,(H,20,21). The minimum atomic E-state index is -0.297. The summed E-state index contributed by atoms with van der Waals surface area (Å²) in [7, 11) is 0. The Morgan fingerprint density at radius 1 is 1.00 bits per heavy atom. The number of carbonyl (C=O) groups excluding carboxylic acids is 3. The van der Waals surface area contributed by atoms with Crippen molar-refractivity contribution in [2.75, 3.05) is 11.1 Å². The SMILES string of the molecule is CCCC(=O)Nc1cccc2c1C(=O)c1cccc(N)c1C2=O. The second-order valence-electron chi connectivity index (χ2n) is 5.45. The Balaban J connectivity index is 2.14. The predicted molar refractivity (Wildman–Crippen MR) is 87.7 cm³/mol. The summed E-state index contributed by atoms with van der Waals surface area (Å²) in [5.41, 5.74) is 7.54. The fourth-order valence-electron chi connectivity index (χ4n) is 2.81. The molecule has 23 heavy (non-hydrogen) atoms. The van der Waals surface area contributed by atoms with E-state index in [0.29, 0.717) is 18.5 Å². The Morgan fingerprint density at radius 2 is 1.61 bits per heavy atom. The van der Waals surface area contributed by atoms with Crippen LogP contribution in [0.15, 0.2) is 36.4 Å². The van der Waals surface area contributed by atoms with E-state index in [1.807, 2.05) is 6.92 Å². The number of fused-ring (bicyclic) bond motifs is 2. The third kappa shape index (κ3) is 2.40. The molecular formula is C18H16N2O3. The summed E-state index contributed by atoms with van der Waals surface area (Å²) in [6, 6.07) is 9.69. The molecule has 0 fully saturated rings. The van der Waals surface area contributed by atoms with Gasteiger partial charge in [-0.15, -0.1) is 0 Å². The topological polar surface area (TPSA) is 89.3 Å². The van der Waals surface area contributed by atoms with E-state index in [2.05, 4.69) is 5.32 Å². The van der Waals surface area contributed by atoms with E-state index in [9.17, 15) is 14.4 Å². The molecule has 0 atom stereocenters. The molecule has 1 aliphatic carbocycles. The summed E-state index contributed by atoms with van der Waals surface area (Å²) in [4.78, 5) is 37.4. The molecule has 2 aromatic carbocycles. The number of carbonyl (C=O) groups is 3. The summed E-state index contributed by atoms with van der Waals surface area (Å²) in [5.74, 6) is -0.770.